The number of hydrogen-bond acceptors (Lipinski definition) is 4. The summed E-state index contributed by atoms with van der Waals surface area (Å²) in [7, 11) is 0. The van der Waals surface area contributed by atoms with Gasteiger partial charge in [0, 0.05) is 6.42 Å². The van der Waals surface area contributed by atoms with E-state index in [1.54, 1.807) is 20.8 Å². The van der Waals surface area contributed by atoms with Crippen LogP contribution < -0.4 is 0 Å². The second-order valence-electron chi connectivity index (χ2n) is 3.67. The Morgan fingerprint density at radius 3 is 2.00 bits per heavy atom. The van der Waals surface area contributed by atoms with Crippen LogP contribution in [0.4, 0.5) is 0 Å². The second-order valence-corrected chi connectivity index (χ2v) is 3.67. The Hall–Kier alpha value is -1.42. The third-order valence-electron chi connectivity index (χ3n) is 1.58. The predicted molar refractivity (Wildman–Crippen MR) is 43.2 cm³/mol. The van der Waals surface area contributed by atoms with Crippen molar-refractivity contribution in [2.75, 3.05) is 0 Å². The lowest BCUT2D eigenvalue weighted by atomic mass is 9.81. The zero-order valence-electron chi connectivity index (χ0n) is 7.55. The molecule has 0 aromatic carbocycles. The van der Waals surface area contributed by atoms with Crippen molar-refractivity contribution < 1.29 is 0 Å². The fourth-order valence-electron chi connectivity index (χ4n) is 1.00. The number of nitrogens with zero attached hydrogens (tertiary/aromatic N) is 3. The summed E-state index contributed by atoms with van der Waals surface area (Å²) in [6, 6.07) is 3.98. The van der Waals surface area contributed by atoms with E-state index in [2.05, 4.69) is 11.2 Å². The summed E-state index contributed by atoms with van der Waals surface area (Å²) in [5, 5.41) is 20.6. The van der Waals surface area contributed by atoms with Gasteiger partial charge in [-0.25, -0.2) is 5.53 Å². The van der Waals surface area contributed by atoms with Crippen LogP contribution in [0.1, 0.15) is 27.2 Å². The summed E-state index contributed by atoms with van der Waals surface area (Å²) in [4.78, 5) is 0. The highest BCUT2D eigenvalue weighted by molar-refractivity contribution is 5.09. The fourth-order valence-corrected chi connectivity index (χ4v) is 1.00. The van der Waals surface area contributed by atoms with Crippen LogP contribution in [-0.4, -0.2) is 5.54 Å². The van der Waals surface area contributed by atoms with Gasteiger partial charge >= 0.3 is 0 Å². The van der Waals surface area contributed by atoms with Crippen LogP contribution in [0, 0.1) is 33.6 Å². The van der Waals surface area contributed by atoms with Gasteiger partial charge in [0.15, 0.2) is 5.54 Å². The Morgan fingerprint density at radius 2 is 1.75 bits per heavy atom. The van der Waals surface area contributed by atoms with E-state index in [0.717, 1.165) is 0 Å². The van der Waals surface area contributed by atoms with E-state index in [0.29, 0.717) is 0 Å². The lowest BCUT2D eigenvalue weighted by Crippen LogP contribution is -2.26. The minimum Gasteiger partial charge on any atom is -0.208 e. The largest absolute Gasteiger partial charge is 0.208 e. The standard InChI is InChI=1S/C8H12N4/c1-7(2,5-9)4-8(3,6-10)12-11/h11H,4H2,1-3H3. The summed E-state index contributed by atoms with van der Waals surface area (Å²) in [5.74, 6) is 0. The minimum absolute atomic E-state index is 0.288. The molecule has 0 saturated heterocycles. The molecule has 12 heavy (non-hydrogen) atoms. The quantitative estimate of drug-likeness (QED) is 0.648. The molecule has 0 aliphatic rings. The Morgan fingerprint density at radius 1 is 1.25 bits per heavy atom. The maximum Gasteiger partial charge on any atom is 0.165 e. The maximum atomic E-state index is 8.69. The van der Waals surface area contributed by atoms with Crippen LogP contribution in [0.3, 0.4) is 0 Å². The summed E-state index contributed by atoms with van der Waals surface area (Å²) in [5.41, 5.74) is 5.15. The lowest BCUT2D eigenvalue weighted by Gasteiger charge is -2.22. The van der Waals surface area contributed by atoms with Crippen LogP contribution in [0.15, 0.2) is 5.11 Å². The molecule has 0 rings (SSSR count). The first-order chi connectivity index (χ1) is 5.39. The van der Waals surface area contributed by atoms with Crippen molar-refractivity contribution in [3.05, 3.63) is 0 Å². The molecule has 0 amide bonds. The lowest BCUT2D eigenvalue weighted by molar-refractivity contribution is 0.353. The molecule has 0 aromatic heterocycles. The Bertz CT molecular complexity index is 255. The van der Waals surface area contributed by atoms with Gasteiger partial charge in [-0.3, -0.25) is 0 Å². The molecule has 1 N–H and O–H groups in total. The van der Waals surface area contributed by atoms with Gasteiger partial charge in [0.25, 0.3) is 0 Å². The first-order valence-corrected chi connectivity index (χ1v) is 3.60. The summed E-state index contributed by atoms with van der Waals surface area (Å²) < 4.78 is 0. The van der Waals surface area contributed by atoms with Crippen LogP contribution in [0.5, 0.6) is 0 Å². The van der Waals surface area contributed by atoms with Gasteiger partial charge in [0.2, 0.25) is 0 Å². The molecule has 0 aliphatic carbocycles. The molecule has 0 bridgehead atoms. The van der Waals surface area contributed by atoms with Gasteiger partial charge in [0.1, 0.15) is 0 Å². The van der Waals surface area contributed by atoms with Gasteiger partial charge in [-0.05, 0) is 20.8 Å². The number of nitriles is 2. The summed E-state index contributed by atoms with van der Waals surface area (Å²) in [6.07, 6.45) is 0.288. The van der Waals surface area contributed by atoms with Crippen LogP contribution in [0.2, 0.25) is 0 Å². The number of hydrogen-bond donors (Lipinski definition) is 1. The zero-order valence-corrected chi connectivity index (χ0v) is 7.55. The van der Waals surface area contributed by atoms with Crippen molar-refractivity contribution in [3.63, 3.8) is 0 Å². The van der Waals surface area contributed by atoms with Gasteiger partial charge in [0.05, 0.1) is 17.6 Å². The smallest absolute Gasteiger partial charge is 0.165 e. The molecule has 0 fully saturated rings. The van der Waals surface area contributed by atoms with Crippen molar-refractivity contribution in [2.45, 2.75) is 32.7 Å². The molecule has 4 nitrogen and oxygen atoms in total. The molecule has 0 radical (unpaired) electrons. The molecule has 64 valence electrons. The SMILES string of the molecule is CC(C)(C#N)CC(C)(C#N)N=N. The van der Waals surface area contributed by atoms with Gasteiger partial charge in [-0.1, -0.05) is 0 Å². The van der Waals surface area contributed by atoms with E-state index in [4.69, 9.17) is 16.1 Å². The monoisotopic (exact) mass is 164 g/mol. The highest BCUT2D eigenvalue weighted by Gasteiger charge is 2.32. The Kier molecular flexibility index (Phi) is 2.93. The third-order valence-corrected chi connectivity index (χ3v) is 1.58. The molecule has 0 saturated carbocycles. The van der Waals surface area contributed by atoms with Gasteiger partial charge in [-0.2, -0.15) is 15.6 Å². The Labute approximate surface area is 72.3 Å². The van der Waals surface area contributed by atoms with E-state index in [1.165, 1.54) is 0 Å². The minimum atomic E-state index is -1.06. The molecule has 0 heterocycles. The van der Waals surface area contributed by atoms with E-state index in [9.17, 15) is 0 Å². The van der Waals surface area contributed by atoms with Gasteiger partial charge in [-0.15, -0.1) is 0 Å². The van der Waals surface area contributed by atoms with Crippen LogP contribution in [0.25, 0.3) is 0 Å². The average molecular weight is 164 g/mol. The van der Waals surface area contributed by atoms with E-state index in [-0.39, 0.29) is 6.42 Å². The second kappa shape index (κ2) is 3.32. The first kappa shape index (κ1) is 10.6. The van der Waals surface area contributed by atoms with Crippen LogP contribution in [-0.2, 0) is 0 Å². The summed E-state index contributed by atoms with van der Waals surface area (Å²) in [6.45, 7) is 5.01. The first-order valence-electron chi connectivity index (χ1n) is 3.60. The molecule has 4 heteroatoms. The maximum absolute atomic E-state index is 8.69. The van der Waals surface area contributed by atoms with Crippen molar-refractivity contribution in [1.82, 2.24) is 0 Å². The summed E-state index contributed by atoms with van der Waals surface area (Å²) >= 11 is 0. The topological polar surface area (TPSA) is 83.8 Å². The third kappa shape index (κ3) is 2.67. The Balaban J connectivity index is 4.57. The number of rotatable bonds is 3. The van der Waals surface area contributed by atoms with E-state index in [1.807, 2.05) is 6.07 Å². The number of nitrogens with one attached hydrogen (secondary N) is 1. The van der Waals surface area contributed by atoms with E-state index < -0.39 is 11.0 Å². The molecule has 0 aromatic rings. The highest BCUT2D eigenvalue weighted by Crippen LogP contribution is 2.28. The molecular weight excluding hydrogens is 152 g/mol. The van der Waals surface area contributed by atoms with Crippen LogP contribution >= 0.6 is 0 Å². The fraction of sp³-hybridized carbons (Fsp3) is 0.750. The normalized spacial score (nSPS) is 15.4. The van der Waals surface area contributed by atoms with Gasteiger partial charge < -0.3 is 0 Å². The van der Waals surface area contributed by atoms with Crippen molar-refractivity contribution in [3.8, 4) is 12.1 Å². The molecule has 0 aliphatic heterocycles. The molecular formula is C8H12N4. The van der Waals surface area contributed by atoms with Crippen molar-refractivity contribution in [2.24, 2.45) is 10.5 Å². The van der Waals surface area contributed by atoms with E-state index >= 15 is 0 Å². The average Bonchev–Trinajstić information content (AvgIpc) is 2.04. The van der Waals surface area contributed by atoms with Crippen molar-refractivity contribution >= 4 is 0 Å². The molecule has 1 unspecified atom stereocenters. The van der Waals surface area contributed by atoms with Crippen molar-refractivity contribution in [1.29, 1.82) is 16.1 Å². The highest BCUT2D eigenvalue weighted by atomic mass is 15.0. The predicted octanol–water partition coefficient (Wildman–Crippen LogP) is 2.24. The zero-order chi connectivity index (χ0) is 9.83. The molecule has 0 spiro atoms. The molecule has 1 atom stereocenters.